The first kappa shape index (κ1) is 19.8. The van der Waals surface area contributed by atoms with Gasteiger partial charge in [0.25, 0.3) is 5.91 Å². The molecule has 4 N–H and O–H groups in total. The Morgan fingerprint density at radius 3 is 2.86 bits per heavy atom. The van der Waals surface area contributed by atoms with Crippen LogP contribution in [0.15, 0.2) is 42.6 Å². The minimum atomic E-state index is -0.429. The number of nitrogens with zero attached hydrogens (tertiary/aromatic N) is 2. The van der Waals surface area contributed by atoms with Crippen molar-refractivity contribution >= 4 is 23.3 Å². The Hall–Kier alpha value is -3.00. The van der Waals surface area contributed by atoms with E-state index in [1.54, 1.807) is 41.4 Å². The molecule has 8 heteroatoms. The first-order chi connectivity index (χ1) is 13.6. The van der Waals surface area contributed by atoms with E-state index in [0.29, 0.717) is 31.7 Å². The van der Waals surface area contributed by atoms with Gasteiger partial charge in [0.1, 0.15) is 11.6 Å². The zero-order valence-corrected chi connectivity index (χ0v) is 15.5. The van der Waals surface area contributed by atoms with Crippen LogP contribution in [0.3, 0.4) is 0 Å². The van der Waals surface area contributed by atoms with Gasteiger partial charge in [0.05, 0.1) is 17.2 Å². The minimum Gasteiger partial charge on any atom is -0.355 e. The third-order valence-electron chi connectivity index (χ3n) is 4.69. The van der Waals surface area contributed by atoms with Crippen molar-refractivity contribution in [2.45, 2.75) is 12.8 Å². The van der Waals surface area contributed by atoms with Gasteiger partial charge in [-0.25, -0.2) is 9.37 Å². The highest BCUT2D eigenvalue weighted by atomic mass is 19.1. The molecule has 1 aromatic carbocycles. The summed E-state index contributed by atoms with van der Waals surface area (Å²) in [6, 6.07) is 9.52. The van der Waals surface area contributed by atoms with Crippen LogP contribution in [0.5, 0.6) is 0 Å². The normalized spacial score (nSPS) is 16.5. The number of aromatic nitrogens is 1. The van der Waals surface area contributed by atoms with Crippen LogP contribution in [-0.4, -0.2) is 47.9 Å². The van der Waals surface area contributed by atoms with Crippen LogP contribution in [0, 0.1) is 11.7 Å². The molecule has 1 aliphatic rings. The third-order valence-corrected chi connectivity index (χ3v) is 4.69. The van der Waals surface area contributed by atoms with Gasteiger partial charge in [0.15, 0.2) is 0 Å². The second-order valence-electron chi connectivity index (χ2n) is 6.67. The number of nitrogens with two attached hydrogens (primary N) is 1. The van der Waals surface area contributed by atoms with Crippen molar-refractivity contribution in [3.8, 4) is 0 Å². The number of carbonyl (C=O) groups excluding carboxylic acids is 2. The summed E-state index contributed by atoms with van der Waals surface area (Å²) < 4.78 is 14.0. The maximum atomic E-state index is 14.0. The fourth-order valence-corrected chi connectivity index (χ4v) is 3.25. The lowest BCUT2D eigenvalue weighted by molar-refractivity contribution is -0.126. The Morgan fingerprint density at radius 1 is 1.25 bits per heavy atom. The standard InChI is InChI=1S/C20H24FN5O2/c21-16-7-1-2-8-17(16)25-18-15(6-3-10-23-18)20(28)26-12-4-5-14(13-26)19(27)24-11-9-22/h1-3,6-8,10,14H,4-5,9,11-13,22H2,(H,23,25)(H,24,27). The van der Waals surface area contributed by atoms with Crippen molar-refractivity contribution in [2.24, 2.45) is 11.7 Å². The van der Waals surface area contributed by atoms with Gasteiger partial charge in [0.2, 0.25) is 5.91 Å². The summed E-state index contributed by atoms with van der Waals surface area (Å²) in [5.41, 5.74) is 6.01. The predicted octanol–water partition coefficient (Wildman–Crippen LogP) is 1.89. The molecular formula is C20H24FN5O2. The second-order valence-corrected chi connectivity index (χ2v) is 6.67. The number of amides is 2. The Bertz CT molecular complexity index is 845. The van der Waals surface area contributed by atoms with Crippen LogP contribution in [0.1, 0.15) is 23.2 Å². The lowest BCUT2D eigenvalue weighted by Gasteiger charge is -2.32. The molecule has 1 unspecified atom stereocenters. The van der Waals surface area contributed by atoms with Crippen LogP contribution in [-0.2, 0) is 4.79 Å². The Balaban J connectivity index is 1.75. The van der Waals surface area contributed by atoms with Gasteiger partial charge in [-0.3, -0.25) is 9.59 Å². The van der Waals surface area contributed by atoms with Crippen LogP contribution >= 0.6 is 0 Å². The Morgan fingerprint density at radius 2 is 2.07 bits per heavy atom. The topological polar surface area (TPSA) is 100 Å². The van der Waals surface area contributed by atoms with E-state index in [0.717, 1.165) is 12.8 Å². The summed E-state index contributed by atoms with van der Waals surface area (Å²) >= 11 is 0. The summed E-state index contributed by atoms with van der Waals surface area (Å²) in [6.07, 6.45) is 3.01. The molecule has 148 valence electrons. The molecule has 0 bridgehead atoms. The zero-order chi connectivity index (χ0) is 19.9. The maximum absolute atomic E-state index is 14.0. The summed E-state index contributed by atoms with van der Waals surface area (Å²) in [4.78, 5) is 31.2. The van der Waals surface area contributed by atoms with E-state index >= 15 is 0 Å². The molecule has 0 spiro atoms. The number of rotatable bonds is 6. The van der Waals surface area contributed by atoms with E-state index in [2.05, 4.69) is 15.6 Å². The molecule has 1 saturated heterocycles. The molecular weight excluding hydrogens is 361 g/mol. The first-order valence-corrected chi connectivity index (χ1v) is 9.33. The number of benzene rings is 1. The Kier molecular flexibility index (Phi) is 6.54. The molecule has 7 nitrogen and oxygen atoms in total. The SMILES string of the molecule is NCCNC(=O)C1CCCN(C(=O)c2cccnc2Nc2ccccc2F)C1. The highest BCUT2D eigenvalue weighted by Gasteiger charge is 2.30. The van der Waals surface area contributed by atoms with Gasteiger partial charge in [-0.15, -0.1) is 0 Å². The van der Waals surface area contributed by atoms with E-state index in [9.17, 15) is 14.0 Å². The smallest absolute Gasteiger partial charge is 0.257 e. The van der Waals surface area contributed by atoms with Gasteiger partial charge in [-0.05, 0) is 37.1 Å². The molecule has 0 aliphatic carbocycles. The van der Waals surface area contributed by atoms with E-state index in [1.165, 1.54) is 6.07 Å². The molecule has 2 heterocycles. The van der Waals surface area contributed by atoms with Crippen molar-refractivity contribution in [3.05, 3.63) is 54.0 Å². The molecule has 1 aromatic heterocycles. The minimum absolute atomic E-state index is 0.0844. The lowest BCUT2D eigenvalue weighted by Crippen LogP contribution is -2.46. The second kappa shape index (κ2) is 9.27. The highest BCUT2D eigenvalue weighted by Crippen LogP contribution is 2.24. The van der Waals surface area contributed by atoms with Crippen LogP contribution in [0.25, 0.3) is 0 Å². The molecule has 0 saturated carbocycles. The van der Waals surface area contributed by atoms with E-state index in [4.69, 9.17) is 5.73 Å². The van der Waals surface area contributed by atoms with E-state index in [-0.39, 0.29) is 29.2 Å². The highest BCUT2D eigenvalue weighted by molar-refractivity contribution is 5.99. The molecule has 1 fully saturated rings. The number of hydrogen-bond acceptors (Lipinski definition) is 5. The van der Waals surface area contributed by atoms with Crippen molar-refractivity contribution in [1.82, 2.24) is 15.2 Å². The lowest BCUT2D eigenvalue weighted by atomic mass is 9.96. The number of piperidine rings is 1. The van der Waals surface area contributed by atoms with Gasteiger partial charge >= 0.3 is 0 Å². The number of pyridine rings is 1. The molecule has 2 amide bonds. The summed E-state index contributed by atoms with van der Waals surface area (Å²) in [5, 5.41) is 5.68. The first-order valence-electron chi connectivity index (χ1n) is 9.33. The van der Waals surface area contributed by atoms with E-state index in [1.807, 2.05) is 0 Å². The molecule has 1 atom stereocenters. The number of anilines is 2. The van der Waals surface area contributed by atoms with Crippen molar-refractivity contribution in [1.29, 1.82) is 0 Å². The monoisotopic (exact) mass is 385 g/mol. The number of halogens is 1. The fourth-order valence-electron chi connectivity index (χ4n) is 3.25. The van der Waals surface area contributed by atoms with Gasteiger partial charge in [-0.1, -0.05) is 12.1 Å². The largest absolute Gasteiger partial charge is 0.355 e. The van der Waals surface area contributed by atoms with Crippen molar-refractivity contribution in [3.63, 3.8) is 0 Å². The van der Waals surface area contributed by atoms with Crippen molar-refractivity contribution < 1.29 is 14.0 Å². The number of likely N-dealkylation sites (tertiary alicyclic amines) is 1. The van der Waals surface area contributed by atoms with Crippen LogP contribution < -0.4 is 16.4 Å². The van der Waals surface area contributed by atoms with E-state index < -0.39 is 5.82 Å². The zero-order valence-electron chi connectivity index (χ0n) is 15.5. The molecule has 2 aromatic rings. The van der Waals surface area contributed by atoms with Crippen molar-refractivity contribution in [2.75, 3.05) is 31.5 Å². The average molecular weight is 385 g/mol. The molecule has 28 heavy (non-hydrogen) atoms. The molecule has 3 rings (SSSR count). The third kappa shape index (κ3) is 4.64. The summed E-state index contributed by atoms with van der Waals surface area (Å²) in [6.45, 7) is 1.70. The molecule has 1 aliphatic heterocycles. The average Bonchev–Trinajstić information content (AvgIpc) is 2.73. The van der Waals surface area contributed by atoms with Gasteiger partial charge < -0.3 is 21.3 Å². The van der Waals surface area contributed by atoms with Crippen LogP contribution in [0.2, 0.25) is 0 Å². The van der Waals surface area contributed by atoms with Gasteiger partial charge in [0, 0.05) is 32.4 Å². The summed E-state index contributed by atoms with van der Waals surface area (Å²) in [7, 11) is 0. The summed E-state index contributed by atoms with van der Waals surface area (Å²) in [5.74, 6) is -0.723. The van der Waals surface area contributed by atoms with Crippen LogP contribution in [0.4, 0.5) is 15.9 Å². The predicted molar refractivity (Wildman–Crippen MR) is 105 cm³/mol. The Labute approximate surface area is 163 Å². The molecule has 0 radical (unpaired) electrons. The number of carbonyl (C=O) groups is 2. The fraction of sp³-hybridized carbons (Fsp3) is 0.350. The quantitative estimate of drug-likeness (QED) is 0.705. The maximum Gasteiger partial charge on any atom is 0.257 e. The number of nitrogens with one attached hydrogen (secondary N) is 2. The number of hydrogen-bond donors (Lipinski definition) is 3. The number of para-hydroxylation sites is 1. The van der Waals surface area contributed by atoms with Gasteiger partial charge in [-0.2, -0.15) is 0 Å².